The average molecular weight is 283 g/mol. The summed E-state index contributed by atoms with van der Waals surface area (Å²) in [7, 11) is 1.80. The summed E-state index contributed by atoms with van der Waals surface area (Å²) in [6, 6.07) is 5.33. The van der Waals surface area contributed by atoms with Crippen molar-refractivity contribution in [2.24, 2.45) is 5.92 Å². The van der Waals surface area contributed by atoms with Crippen LogP contribution in [0.2, 0.25) is 5.02 Å². The molecule has 0 radical (unpaired) electrons. The summed E-state index contributed by atoms with van der Waals surface area (Å²) in [5.41, 5.74) is 7.28. The predicted octanol–water partition coefficient (Wildman–Crippen LogP) is 2.31. The molecule has 104 valence electrons. The van der Waals surface area contributed by atoms with Gasteiger partial charge < -0.3 is 15.4 Å². The summed E-state index contributed by atoms with van der Waals surface area (Å²) in [6.07, 6.45) is 1.60. The number of rotatable bonds is 3. The quantitative estimate of drug-likeness (QED) is 0.866. The van der Waals surface area contributed by atoms with Crippen LogP contribution in [0.1, 0.15) is 18.4 Å². The fourth-order valence-corrected chi connectivity index (χ4v) is 2.48. The van der Waals surface area contributed by atoms with Crippen LogP contribution in [0, 0.1) is 5.92 Å². The Morgan fingerprint density at radius 1 is 1.47 bits per heavy atom. The van der Waals surface area contributed by atoms with Gasteiger partial charge in [0.15, 0.2) is 0 Å². The summed E-state index contributed by atoms with van der Waals surface area (Å²) in [4.78, 5) is 14.0. The zero-order valence-electron chi connectivity index (χ0n) is 11.1. The maximum absolute atomic E-state index is 12.3. The van der Waals surface area contributed by atoms with E-state index in [1.54, 1.807) is 24.1 Å². The van der Waals surface area contributed by atoms with Gasteiger partial charge in [0.1, 0.15) is 0 Å². The van der Waals surface area contributed by atoms with Gasteiger partial charge >= 0.3 is 0 Å². The van der Waals surface area contributed by atoms with Crippen LogP contribution in [-0.4, -0.2) is 31.1 Å². The fourth-order valence-electron chi connectivity index (χ4n) is 2.31. The highest BCUT2D eigenvalue weighted by atomic mass is 35.5. The Kier molecular flexibility index (Phi) is 4.66. The molecule has 1 fully saturated rings. The van der Waals surface area contributed by atoms with Gasteiger partial charge in [0.2, 0.25) is 5.91 Å². The summed E-state index contributed by atoms with van der Waals surface area (Å²) in [6.45, 7) is 1.83. The molecule has 1 aromatic carbocycles. The Labute approximate surface area is 118 Å². The molecule has 1 aliphatic heterocycles. The van der Waals surface area contributed by atoms with Crippen molar-refractivity contribution in [3.05, 3.63) is 28.8 Å². The normalized spacial score (nSPS) is 16.3. The highest BCUT2D eigenvalue weighted by molar-refractivity contribution is 6.31. The zero-order valence-corrected chi connectivity index (χ0v) is 11.8. The molecular formula is C14H19ClN2O2. The third kappa shape index (κ3) is 3.61. The number of nitrogens with two attached hydrogens (primary N) is 1. The van der Waals surface area contributed by atoms with E-state index in [9.17, 15) is 4.79 Å². The van der Waals surface area contributed by atoms with E-state index >= 15 is 0 Å². The van der Waals surface area contributed by atoms with E-state index in [-0.39, 0.29) is 11.8 Å². The van der Waals surface area contributed by atoms with Crippen molar-refractivity contribution in [1.82, 2.24) is 4.90 Å². The van der Waals surface area contributed by atoms with Crippen molar-refractivity contribution in [3.8, 4) is 0 Å². The number of nitrogen functional groups attached to an aromatic ring is 1. The molecule has 0 aliphatic carbocycles. The Morgan fingerprint density at radius 3 is 2.84 bits per heavy atom. The number of benzene rings is 1. The van der Waals surface area contributed by atoms with Crippen LogP contribution in [0.5, 0.6) is 0 Å². The molecule has 1 aliphatic rings. The lowest BCUT2D eigenvalue weighted by molar-refractivity contribution is -0.137. The van der Waals surface area contributed by atoms with E-state index in [0.29, 0.717) is 30.5 Å². The molecule has 0 saturated carbocycles. The van der Waals surface area contributed by atoms with Gasteiger partial charge in [0, 0.05) is 43.4 Å². The molecular weight excluding hydrogens is 264 g/mol. The number of anilines is 1. The monoisotopic (exact) mass is 282 g/mol. The van der Waals surface area contributed by atoms with Gasteiger partial charge in [-0.3, -0.25) is 4.79 Å². The van der Waals surface area contributed by atoms with E-state index in [4.69, 9.17) is 22.1 Å². The Hall–Kier alpha value is -1.26. The Bertz CT molecular complexity index is 459. The summed E-state index contributed by atoms with van der Waals surface area (Å²) in [5.74, 6) is 0.223. The molecule has 1 saturated heterocycles. The first-order valence-electron chi connectivity index (χ1n) is 6.44. The maximum atomic E-state index is 12.3. The van der Waals surface area contributed by atoms with E-state index in [2.05, 4.69) is 0 Å². The smallest absolute Gasteiger partial charge is 0.225 e. The minimum atomic E-state index is 0.0681. The fraction of sp³-hybridized carbons (Fsp3) is 0.500. The highest BCUT2D eigenvalue weighted by Gasteiger charge is 2.24. The second-order valence-electron chi connectivity index (χ2n) is 4.93. The van der Waals surface area contributed by atoms with Gasteiger partial charge in [-0.1, -0.05) is 11.6 Å². The maximum Gasteiger partial charge on any atom is 0.225 e. The van der Waals surface area contributed by atoms with Crippen LogP contribution in [0.15, 0.2) is 18.2 Å². The molecule has 1 amide bonds. The molecule has 0 unspecified atom stereocenters. The molecule has 0 spiro atoms. The van der Waals surface area contributed by atoms with Gasteiger partial charge in [0.25, 0.3) is 0 Å². The summed E-state index contributed by atoms with van der Waals surface area (Å²) in [5, 5.41) is 0.640. The standard InChI is InChI=1S/C14H19ClN2O2/c1-17(14(18)10-4-6-19-7-5-10)9-11-8-12(16)2-3-13(11)15/h2-3,8,10H,4-7,9,16H2,1H3. The van der Waals surface area contributed by atoms with Gasteiger partial charge in [0.05, 0.1) is 0 Å². The molecule has 4 nitrogen and oxygen atoms in total. The van der Waals surface area contributed by atoms with Gasteiger partial charge in [-0.25, -0.2) is 0 Å². The number of ether oxygens (including phenoxy) is 1. The zero-order chi connectivity index (χ0) is 13.8. The number of nitrogens with zero attached hydrogens (tertiary/aromatic N) is 1. The number of hydrogen-bond acceptors (Lipinski definition) is 3. The summed E-state index contributed by atoms with van der Waals surface area (Å²) < 4.78 is 5.27. The number of hydrogen-bond donors (Lipinski definition) is 1. The van der Waals surface area contributed by atoms with Crippen molar-refractivity contribution >= 4 is 23.2 Å². The molecule has 5 heteroatoms. The SMILES string of the molecule is CN(Cc1cc(N)ccc1Cl)C(=O)C1CCOCC1. The molecule has 2 rings (SSSR count). The first-order chi connectivity index (χ1) is 9.08. The molecule has 0 aromatic heterocycles. The lowest BCUT2D eigenvalue weighted by atomic mass is 9.98. The van der Waals surface area contributed by atoms with Gasteiger partial charge in [-0.05, 0) is 36.6 Å². The van der Waals surface area contributed by atoms with Crippen LogP contribution in [0.25, 0.3) is 0 Å². The number of carbonyl (C=O) groups excluding carboxylic acids is 1. The molecule has 0 bridgehead atoms. The third-order valence-corrected chi connectivity index (χ3v) is 3.79. The van der Waals surface area contributed by atoms with Crippen LogP contribution >= 0.6 is 11.6 Å². The van der Waals surface area contributed by atoms with Crippen molar-refractivity contribution in [1.29, 1.82) is 0 Å². The Balaban J connectivity index is 2.01. The van der Waals surface area contributed by atoms with Crippen molar-refractivity contribution in [2.45, 2.75) is 19.4 Å². The predicted molar refractivity (Wildman–Crippen MR) is 75.9 cm³/mol. The first-order valence-corrected chi connectivity index (χ1v) is 6.82. The van der Waals surface area contributed by atoms with Crippen molar-refractivity contribution < 1.29 is 9.53 Å². The van der Waals surface area contributed by atoms with E-state index in [0.717, 1.165) is 18.4 Å². The lowest BCUT2D eigenvalue weighted by Crippen LogP contribution is -2.35. The van der Waals surface area contributed by atoms with E-state index in [1.807, 2.05) is 6.07 Å². The molecule has 1 aromatic rings. The Morgan fingerprint density at radius 2 is 2.16 bits per heavy atom. The molecule has 2 N–H and O–H groups in total. The lowest BCUT2D eigenvalue weighted by Gasteiger charge is -2.26. The topological polar surface area (TPSA) is 55.6 Å². The van der Waals surface area contributed by atoms with Crippen LogP contribution in [0.3, 0.4) is 0 Å². The van der Waals surface area contributed by atoms with Crippen molar-refractivity contribution in [2.75, 3.05) is 26.0 Å². The molecule has 1 heterocycles. The van der Waals surface area contributed by atoms with Gasteiger partial charge in [-0.2, -0.15) is 0 Å². The third-order valence-electron chi connectivity index (χ3n) is 3.42. The second-order valence-corrected chi connectivity index (χ2v) is 5.34. The largest absolute Gasteiger partial charge is 0.399 e. The number of amides is 1. The van der Waals surface area contributed by atoms with Crippen LogP contribution in [0.4, 0.5) is 5.69 Å². The minimum Gasteiger partial charge on any atom is -0.399 e. The first kappa shape index (κ1) is 14.2. The van der Waals surface area contributed by atoms with Crippen molar-refractivity contribution in [3.63, 3.8) is 0 Å². The van der Waals surface area contributed by atoms with Crippen LogP contribution in [-0.2, 0) is 16.1 Å². The second kappa shape index (κ2) is 6.26. The molecule has 19 heavy (non-hydrogen) atoms. The molecule has 0 atom stereocenters. The number of carbonyl (C=O) groups is 1. The number of halogens is 1. The van der Waals surface area contributed by atoms with E-state index in [1.165, 1.54) is 0 Å². The van der Waals surface area contributed by atoms with Crippen LogP contribution < -0.4 is 5.73 Å². The average Bonchev–Trinajstić information content (AvgIpc) is 2.43. The highest BCUT2D eigenvalue weighted by Crippen LogP contribution is 2.22. The minimum absolute atomic E-state index is 0.0681. The van der Waals surface area contributed by atoms with E-state index < -0.39 is 0 Å². The van der Waals surface area contributed by atoms with Gasteiger partial charge in [-0.15, -0.1) is 0 Å². The summed E-state index contributed by atoms with van der Waals surface area (Å²) >= 11 is 6.12.